The Labute approximate surface area is 104 Å². The van der Waals surface area contributed by atoms with Gasteiger partial charge < -0.3 is 9.64 Å². The quantitative estimate of drug-likeness (QED) is 0.809. The van der Waals surface area contributed by atoms with Crippen molar-refractivity contribution in [2.24, 2.45) is 0 Å². The Morgan fingerprint density at radius 2 is 2.18 bits per heavy atom. The maximum Gasteiger partial charge on any atom is 0.244 e. The number of amides is 1. The van der Waals surface area contributed by atoms with Crippen molar-refractivity contribution in [3.05, 3.63) is 0 Å². The van der Waals surface area contributed by atoms with E-state index in [2.05, 4.69) is 19.2 Å². The minimum Gasteiger partial charge on any atom is -0.383 e. The number of hydrogen-bond acceptors (Lipinski definition) is 3. The predicted octanol–water partition coefficient (Wildman–Crippen LogP) is 1.50. The lowest BCUT2D eigenvalue weighted by atomic mass is 9.97. The van der Waals surface area contributed by atoms with E-state index in [-0.39, 0.29) is 17.7 Å². The third kappa shape index (κ3) is 2.08. The van der Waals surface area contributed by atoms with Crippen molar-refractivity contribution in [1.82, 2.24) is 10.2 Å². The third-order valence-corrected chi connectivity index (χ3v) is 4.23. The van der Waals surface area contributed by atoms with Gasteiger partial charge in [0.1, 0.15) is 0 Å². The first kappa shape index (κ1) is 12.8. The first-order valence-corrected chi connectivity index (χ1v) is 6.74. The highest BCUT2D eigenvalue weighted by molar-refractivity contribution is 5.89. The van der Waals surface area contributed by atoms with Gasteiger partial charge in [0.2, 0.25) is 5.91 Å². The molecular weight excluding hydrogens is 216 g/mol. The van der Waals surface area contributed by atoms with Gasteiger partial charge in [-0.15, -0.1) is 0 Å². The fourth-order valence-electron chi connectivity index (χ4n) is 3.36. The Kier molecular flexibility index (Phi) is 3.73. The average molecular weight is 240 g/mol. The highest BCUT2D eigenvalue weighted by Crippen LogP contribution is 2.37. The zero-order chi connectivity index (χ0) is 12.5. The Bertz CT molecular complexity index is 287. The summed E-state index contributed by atoms with van der Waals surface area (Å²) in [5.74, 6) is 0.298. The first-order chi connectivity index (χ1) is 8.14. The lowest BCUT2D eigenvalue weighted by Crippen LogP contribution is -2.46. The summed E-state index contributed by atoms with van der Waals surface area (Å²) in [7, 11) is 1.70. The van der Waals surface area contributed by atoms with E-state index < -0.39 is 0 Å². The molecule has 2 rings (SSSR count). The molecule has 1 aliphatic carbocycles. The summed E-state index contributed by atoms with van der Waals surface area (Å²) in [6, 6.07) is 0.204. The van der Waals surface area contributed by atoms with Crippen LogP contribution in [0.5, 0.6) is 0 Å². The van der Waals surface area contributed by atoms with Crippen LogP contribution >= 0.6 is 0 Å². The zero-order valence-corrected chi connectivity index (χ0v) is 11.2. The molecule has 0 bridgehead atoms. The summed E-state index contributed by atoms with van der Waals surface area (Å²) in [5, 5.41) is 3.52. The van der Waals surface area contributed by atoms with Crippen LogP contribution in [0.15, 0.2) is 0 Å². The molecule has 2 aliphatic rings. The zero-order valence-electron chi connectivity index (χ0n) is 11.2. The number of carbonyl (C=O) groups excluding carboxylic acids is 1. The molecule has 4 nitrogen and oxygen atoms in total. The number of rotatable bonds is 4. The van der Waals surface area contributed by atoms with Crippen LogP contribution in [-0.2, 0) is 9.53 Å². The van der Waals surface area contributed by atoms with Crippen LogP contribution < -0.4 is 5.32 Å². The Morgan fingerprint density at radius 1 is 1.53 bits per heavy atom. The molecule has 0 radical (unpaired) electrons. The average Bonchev–Trinajstić information content (AvgIpc) is 2.85. The van der Waals surface area contributed by atoms with Crippen LogP contribution in [0.1, 0.15) is 46.0 Å². The summed E-state index contributed by atoms with van der Waals surface area (Å²) < 4.78 is 5.23. The van der Waals surface area contributed by atoms with Gasteiger partial charge in [0, 0.05) is 7.11 Å². The molecule has 0 aromatic rings. The van der Waals surface area contributed by atoms with Gasteiger partial charge in [0.25, 0.3) is 0 Å². The van der Waals surface area contributed by atoms with E-state index in [1.807, 2.05) is 4.90 Å². The van der Waals surface area contributed by atoms with E-state index in [9.17, 15) is 4.79 Å². The molecular formula is C13H24N2O2. The topological polar surface area (TPSA) is 41.6 Å². The van der Waals surface area contributed by atoms with Crippen molar-refractivity contribution in [2.75, 3.05) is 13.7 Å². The van der Waals surface area contributed by atoms with Crippen molar-refractivity contribution in [2.45, 2.75) is 63.7 Å². The molecule has 1 aliphatic heterocycles. The van der Waals surface area contributed by atoms with Gasteiger partial charge in [0.15, 0.2) is 0 Å². The van der Waals surface area contributed by atoms with Crippen LogP contribution in [0.2, 0.25) is 0 Å². The van der Waals surface area contributed by atoms with Crippen LogP contribution in [0.25, 0.3) is 0 Å². The van der Waals surface area contributed by atoms with Gasteiger partial charge in [-0.3, -0.25) is 10.1 Å². The lowest BCUT2D eigenvalue weighted by Gasteiger charge is -2.30. The van der Waals surface area contributed by atoms with Crippen LogP contribution in [-0.4, -0.2) is 42.3 Å². The molecule has 1 saturated heterocycles. The molecule has 1 spiro atoms. The van der Waals surface area contributed by atoms with Gasteiger partial charge in [-0.2, -0.15) is 0 Å². The third-order valence-electron chi connectivity index (χ3n) is 4.23. The van der Waals surface area contributed by atoms with E-state index in [1.165, 1.54) is 12.8 Å². The van der Waals surface area contributed by atoms with E-state index in [1.54, 1.807) is 7.11 Å². The predicted molar refractivity (Wildman–Crippen MR) is 66.6 cm³/mol. The summed E-state index contributed by atoms with van der Waals surface area (Å²) in [6.45, 7) is 4.83. The Hall–Kier alpha value is -0.610. The van der Waals surface area contributed by atoms with Crippen molar-refractivity contribution < 1.29 is 9.53 Å². The van der Waals surface area contributed by atoms with Crippen molar-refractivity contribution in [3.63, 3.8) is 0 Å². The highest BCUT2D eigenvalue weighted by atomic mass is 16.5. The maximum absolute atomic E-state index is 12.6. The summed E-state index contributed by atoms with van der Waals surface area (Å²) in [6.07, 6.45) is 5.41. The fraction of sp³-hybridized carbons (Fsp3) is 0.923. The van der Waals surface area contributed by atoms with Gasteiger partial charge in [-0.1, -0.05) is 19.8 Å². The second-order valence-corrected chi connectivity index (χ2v) is 5.34. The molecule has 1 saturated carbocycles. The molecule has 0 aromatic heterocycles. The highest BCUT2D eigenvalue weighted by Gasteiger charge is 2.52. The molecule has 2 unspecified atom stereocenters. The van der Waals surface area contributed by atoms with Gasteiger partial charge in [-0.05, 0) is 26.2 Å². The molecule has 2 fully saturated rings. The second-order valence-electron chi connectivity index (χ2n) is 5.34. The van der Waals surface area contributed by atoms with Gasteiger partial charge >= 0.3 is 0 Å². The van der Waals surface area contributed by atoms with E-state index in [0.717, 1.165) is 19.3 Å². The smallest absolute Gasteiger partial charge is 0.244 e. The standard InChI is InChI=1S/C13H24N2O2/c1-4-11(9-17-3)15-10(2)14-13(12(15)16)7-5-6-8-13/h10-11,14H,4-9H2,1-3H3. The number of nitrogens with one attached hydrogen (secondary N) is 1. The normalized spacial score (nSPS) is 29.2. The van der Waals surface area contributed by atoms with Crippen molar-refractivity contribution in [1.29, 1.82) is 0 Å². The lowest BCUT2D eigenvalue weighted by molar-refractivity contribution is -0.136. The van der Waals surface area contributed by atoms with E-state index >= 15 is 0 Å². The number of nitrogens with zero attached hydrogens (tertiary/aromatic N) is 1. The maximum atomic E-state index is 12.6. The number of hydrogen-bond donors (Lipinski definition) is 1. The monoisotopic (exact) mass is 240 g/mol. The van der Waals surface area contributed by atoms with Crippen LogP contribution in [0, 0.1) is 0 Å². The van der Waals surface area contributed by atoms with Crippen molar-refractivity contribution in [3.8, 4) is 0 Å². The first-order valence-electron chi connectivity index (χ1n) is 6.74. The number of carbonyl (C=O) groups is 1. The summed E-state index contributed by atoms with van der Waals surface area (Å²) in [5.41, 5.74) is -0.249. The number of ether oxygens (including phenoxy) is 1. The van der Waals surface area contributed by atoms with Gasteiger partial charge in [-0.25, -0.2) is 0 Å². The Morgan fingerprint density at radius 3 is 2.71 bits per heavy atom. The fourth-order valence-corrected chi connectivity index (χ4v) is 3.36. The Balaban J connectivity index is 2.15. The molecule has 17 heavy (non-hydrogen) atoms. The molecule has 1 N–H and O–H groups in total. The van der Waals surface area contributed by atoms with Crippen LogP contribution in [0.3, 0.4) is 0 Å². The minimum atomic E-state index is -0.249. The summed E-state index contributed by atoms with van der Waals surface area (Å²) >= 11 is 0. The molecule has 1 amide bonds. The molecule has 0 aromatic carbocycles. The van der Waals surface area contributed by atoms with Gasteiger partial charge in [0.05, 0.1) is 24.4 Å². The SMILES string of the molecule is CCC(COC)N1C(=O)C2(CCCC2)NC1C. The molecule has 98 valence electrons. The molecule has 1 heterocycles. The summed E-state index contributed by atoms with van der Waals surface area (Å²) in [4.78, 5) is 14.6. The minimum absolute atomic E-state index is 0.140. The molecule has 4 heteroatoms. The van der Waals surface area contributed by atoms with Crippen LogP contribution in [0.4, 0.5) is 0 Å². The largest absolute Gasteiger partial charge is 0.383 e. The van der Waals surface area contributed by atoms with Crippen molar-refractivity contribution >= 4 is 5.91 Å². The molecule has 2 atom stereocenters. The number of methoxy groups -OCH3 is 1. The second kappa shape index (κ2) is 4.94. The van der Waals surface area contributed by atoms with E-state index in [0.29, 0.717) is 12.5 Å². The van der Waals surface area contributed by atoms with E-state index in [4.69, 9.17) is 4.74 Å².